The monoisotopic (exact) mass is 1300 g/mol. The fraction of sp³-hybridized carbons (Fsp3) is 0.618. The van der Waals surface area contributed by atoms with Gasteiger partial charge < -0.3 is 48.6 Å². The summed E-state index contributed by atoms with van der Waals surface area (Å²) in [5.41, 5.74) is 11.4. The molecule has 0 aromatic heterocycles. The van der Waals surface area contributed by atoms with Gasteiger partial charge in [0.2, 0.25) is 0 Å². The molecule has 0 N–H and O–H groups in total. The van der Waals surface area contributed by atoms with Crippen LogP contribution in [0.5, 0.6) is 0 Å². The Morgan fingerprint density at radius 3 is 0.800 bits per heavy atom. The zero-order chi connectivity index (χ0) is 52.8. The summed E-state index contributed by atoms with van der Waals surface area (Å²) in [4.78, 5) is 0. The zero-order valence-corrected chi connectivity index (χ0v) is 55.9. The summed E-state index contributed by atoms with van der Waals surface area (Å²) in [6.45, 7) is 72.0. The molecule has 0 spiro atoms. The molecule has 2 heteroatoms. The Kier molecular flexibility index (Phi) is 35.2. The third-order valence-electron chi connectivity index (χ3n) is 10.4. The molecule has 0 saturated carbocycles. The SMILES string of the molecule is C.C.CC(C)(C)[C-]=CC=[C-]C(C)(C)C.CC(C)(C)c1ccc(C(C)(C)C)cc1.CC(C)(C)c1cccc(C(C)(C)C)c1.CC(C)(C)c1ccccc1C(C)(C)C.[CH-]=C(C=[C-]C(C)(C)C)C(C)(C)C.[W+2].[W+2]. The van der Waals surface area contributed by atoms with Crippen LogP contribution in [0.15, 0.2) is 96.6 Å². The van der Waals surface area contributed by atoms with Crippen molar-refractivity contribution < 1.29 is 42.1 Å². The summed E-state index contributed by atoms with van der Waals surface area (Å²) in [5.74, 6) is 0. The van der Waals surface area contributed by atoms with Crippen molar-refractivity contribution in [2.75, 3.05) is 0 Å². The van der Waals surface area contributed by atoms with E-state index in [0.717, 1.165) is 5.57 Å². The van der Waals surface area contributed by atoms with Gasteiger partial charge in [-0.15, -0.1) is 21.7 Å². The molecule has 0 heterocycles. The van der Waals surface area contributed by atoms with E-state index < -0.39 is 0 Å². The summed E-state index contributed by atoms with van der Waals surface area (Å²) >= 11 is 0. The van der Waals surface area contributed by atoms with Crippen LogP contribution in [0.4, 0.5) is 0 Å². The van der Waals surface area contributed by atoms with Crippen LogP contribution in [-0.4, -0.2) is 0 Å². The topological polar surface area (TPSA) is 0 Å². The van der Waals surface area contributed by atoms with Crippen molar-refractivity contribution in [3.8, 4) is 0 Å². The summed E-state index contributed by atoms with van der Waals surface area (Å²) in [5, 5.41) is 0. The molecule has 3 rings (SSSR count). The van der Waals surface area contributed by atoms with Crippen LogP contribution in [0.25, 0.3) is 0 Å². The van der Waals surface area contributed by atoms with E-state index in [1.807, 2.05) is 18.2 Å². The maximum absolute atomic E-state index is 5.86. The van der Waals surface area contributed by atoms with Gasteiger partial charge >= 0.3 is 42.1 Å². The van der Waals surface area contributed by atoms with Crippen molar-refractivity contribution >= 4 is 0 Å². The number of hydrogen-bond donors (Lipinski definition) is 0. The zero-order valence-electron chi connectivity index (χ0n) is 50.1. The van der Waals surface area contributed by atoms with Crippen molar-refractivity contribution in [2.45, 2.75) is 255 Å². The van der Waals surface area contributed by atoms with E-state index in [1.165, 1.54) is 33.4 Å². The van der Waals surface area contributed by atoms with Gasteiger partial charge in [-0.1, -0.05) is 295 Å². The Morgan fingerprint density at radius 2 is 0.600 bits per heavy atom. The van der Waals surface area contributed by atoms with Crippen molar-refractivity contribution in [1.29, 1.82) is 0 Å². The second-order valence-electron chi connectivity index (χ2n) is 28.6. The van der Waals surface area contributed by atoms with Crippen LogP contribution in [0.2, 0.25) is 0 Å². The molecule has 398 valence electrons. The van der Waals surface area contributed by atoms with Gasteiger partial charge in [-0.2, -0.15) is 0 Å². The summed E-state index contributed by atoms with van der Waals surface area (Å²) in [6.07, 6.45) is 15.5. The van der Waals surface area contributed by atoms with Crippen molar-refractivity contribution in [2.24, 2.45) is 21.7 Å². The Hall–Kier alpha value is -2.00. The van der Waals surface area contributed by atoms with Crippen LogP contribution in [0.3, 0.4) is 0 Å². The first-order valence-electron chi connectivity index (χ1n) is 24.7. The average Bonchev–Trinajstić information content (AvgIpc) is 3.10. The first-order chi connectivity index (χ1) is 29.0. The molecule has 0 amide bonds. The molecule has 0 unspecified atom stereocenters. The van der Waals surface area contributed by atoms with Crippen LogP contribution in [0.1, 0.15) is 256 Å². The van der Waals surface area contributed by atoms with Gasteiger partial charge in [0.15, 0.2) is 0 Å². The maximum Gasteiger partial charge on any atom is 2.00 e. The van der Waals surface area contributed by atoms with Crippen LogP contribution in [0, 0.1) is 46.5 Å². The molecule has 70 heavy (non-hydrogen) atoms. The van der Waals surface area contributed by atoms with Crippen molar-refractivity contribution in [1.82, 2.24) is 0 Å². The number of allylic oxidation sites excluding steroid dienone is 7. The third-order valence-corrected chi connectivity index (χ3v) is 10.4. The fourth-order valence-electron chi connectivity index (χ4n) is 5.81. The number of hydrogen-bond acceptors (Lipinski definition) is 0. The first kappa shape index (κ1) is 79.4. The third kappa shape index (κ3) is 37.7. The number of rotatable bonds is 2. The maximum atomic E-state index is 5.86. The molecular weight excluding hydrogens is 1180 g/mol. The molecule has 0 aliphatic heterocycles. The van der Waals surface area contributed by atoms with Crippen molar-refractivity contribution in [3.05, 3.63) is 155 Å². The molecule has 3 aromatic rings. The predicted octanol–water partition coefficient (Wildman–Crippen LogP) is 21.7. The predicted molar refractivity (Wildman–Crippen MR) is 314 cm³/mol. The fourth-order valence-corrected chi connectivity index (χ4v) is 5.81. The average molecular weight is 1300 g/mol. The van der Waals surface area contributed by atoms with E-state index in [1.54, 1.807) is 0 Å². The van der Waals surface area contributed by atoms with Gasteiger partial charge in [0.25, 0.3) is 0 Å². The molecule has 0 fully saturated rings. The Labute approximate surface area is 470 Å². The van der Waals surface area contributed by atoms with Gasteiger partial charge in [0.1, 0.15) is 0 Å². The minimum absolute atomic E-state index is 0. The largest absolute Gasteiger partial charge is 2.00 e. The van der Waals surface area contributed by atoms with E-state index in [0.29, 0.717) is 0 Å². The van der Waals surface area contributed by atoms with E-state index >= 15 is 0 Å². The molecule has 0 saturated heterocycles. The molecular formula is C68H114W2. The quantitative estimate of drug-likeness (QED) is 0.177. The normalized spacial score (nSPS) is 12.7. The Bertz CT molecular complexity index is 1820. The molecule has 0 radical (unpaired) electrons. The van der Waals surface area contributed by atoms with Crippen LogP contribution < -0.4 is 0 Å². The minimum Gasteiger partial charge on any atom is -0.390 e. The van der Waals surface area contributed by atoms with E-state index in [2.05, 4.69) is 299 Å². The van der Waals surface area contributed by atoms with E-state index in [4.69, 9.17) is 6.58 Å². The first-order valence-corrected chi connectivity index (χ1v) is 24.7. The summed E-state index contributed by atoms with van der Waals surface area (Å²) < 4.78 is 0. The van der Waals surface area contributed by atoms with Gasteiger partial charge in [-0.25, -0.2) is 0 Å². The molecule has 0 atom stereocenters. The van der Waals surface area contributed by atoms with Crippen LogP contribution >= 0.6 is 0 Å². The van der Waals surface area contributed by atoms with Gasteiger partial charge in [0, 0.05) is 0 Å². The number of benzene rings is 3. The van der Waals surface area contributed by atoms with E-state index in [9.17, 15) is 0 Å². The van der Waals surface area contributed by atoms with Gasteiger partial charge in [0.05, 0.1) is 0 Å². The van der Waals surface area contributed by atoms with Gasteiger partial charge in [-0.05, 0) is 65.9 Å². The molecule has 0 aliphatic rings. The molecule has 3 aromatic carbocycles. The van der Waals surface area contributed by atoms with Gasteiger partial charge in [-0.3, -0.25) is 0 Å². The standard InChI is InChI=1S/3C14H22.2C12H20.2CH4.2W/c1-13(2,3)11-7-9-12(10-8-11)14(4,5)6;1-13(2,3)11-8-7-9-12(10-11)14(4,5)6;1-13(2,3)11-9-7-8-10-12(11)14(4,5)6;1-10(12(5,6)7)8-9-11(2,3)4;1-11(2,3)9-7-8-10-12(4,5)6;;;;/h3*7-10H,1-6H3;1,8H,2-7H3;7-8H,1-6H3;2*1H4;;/q;;;2*-2;;;2*+2. The van der Waals surface area contributed by atoms with Crippen molar-refractivity contribution in [3.63, 3.8) is 0 Å². The molecule has 0 bridgehead atoms. The van der Waals surface area contributed by atoms with E-state index in [-0.39, 0.29) is 111 Å². The smallest absolute Gasteiger partial charge is 0.390 e. The second-order valence-corrected chi connectivity index (χ2v) is 28.6. The Balaban J connectivity index is -0.000000181. The van der Waals surface area contributed by atoms with Crippen LogP contribution in [-0.2, 0) is 74.6 Å². The Morgan fingerprint density at radius 1 is 0.343 bits per heavy atom. The molecule has 0 nitrogen and oxygen atoms in total. The second kappa shape index (κ2) is 31.0. The summed E-state index contributed by atoms with van der Waals surface area (Å²) in [6, 6.07) is 26.7. The molecule has 0 aliphatic carbocycles. The minimum atomic E-state index is 0. The summed E-state index contributed by atoms with van der Waals surface area (Å²) in [7, 11) is 0.